The third-order valence-corrected chi connectivity index (χ3v) is 1.81. The molecule has 1 aromatic heterocycles. The molecule has 0 amide bonds. The molecule has 0 aliphatic rings. The van der Waals surface area contributed by atoms with Crippen molar-refractivity contribution in [3.05, 3.63) is 29.4 Å². The molecule has 4 nitrogen and oxygen atoms in total. The summed E-state index contributed by atoms with van der Waals surface area (Å²) in [5, 5.41) is 0. The SMILES string of the molecule is [C-]#[N+]c1nccc(CC(=O)CC(C)C)n1. The molecule has 4 heteroatoms. The summed E-state index contributed by atoms with van der Waals surface area (Å²) < 4.78 is 0. The van der Waals surface area contributed by atoms with Crippen LogP contribution in [0.2, 0.25) is 0 Å². The van der Waals surface area contributed by atoms with E-state index in [0.29, 0.717) is 24.5 Å². The zero-order valence-corrected chi connectivity index (χ0v) is 8.90. The number of carbonyl (C=O) groups excluding carboxylic acids is 1. The third kappa shape index (κ3) is 3.86. The second kappa shape index (κ2) is 5.20. The average Bonchev–Trinajstić information content (AvgIpc) is 2.16. The molecule has 1 rings (SSSR count). The maximum atomic E-state index is 11.5. The predicted molar refractivity (Wildman–Crippen MR) is 56.5 cm³/mol. The summed E-state index contributed by atoms with van der Waals surface area (Å²) in [4.78, 5) is 22.3. The van der Waals surface area contributed by atoms with Crippen LogP contribution in [0.1, 0.15) is 26.0 Å². The van der Waals surface area contributed by atoms with Crippen LogP contribution in [0.15, 0.2) is 12.3 Å². The van der Waals surface area contributed by atoms with Crippen LogP contribution in [0.3, 0.4) is 0 Å². The van der Waals surface area contributed by atoms with Crippen LogP contribution in [0, 0.1) is 12.5 Å². The largest absolute Gasteiger partial charge is 0.394 e. The Morgan fingerprint density at radius 1 is 1.60 bits per heavy atom. The smallest absolute Gasteiger partial charge is 0.371 e. The van der Waals surface area contributed by atoms with Crippen molar-refractivity contribution >= 4 is 11.7 Å². The standard InChI is InChI=1S/C11H13N3O/c1-8(2)6-10(15)7-9-4-5-13-11(12-3)14-9/h4-5,8H,6-7H2,1-2H3. The lowest BCUT2D eigenvalue weighted by molar-refractivity contribution is -0.119. The molecule has 1 aromatic rings. The second-order valence-corrected chi connectivity index (χ2v) is 3.77. The Balaban J connectivity index is 2.65. The molecule has 0 saturated carbocycles. The van der Waals surface area contributed by atoms with Crippen molar-refractivity contribution in [1.82, 2.24) is 9.97 Å². The fourth-order valence-corrected chi connectivity index (χ4v) is 1.27. The Labute approximate surface area is 89.2 Å². The monoisotopic (exact) mass is 203 g/mol. The first-order chi connectivity index (χ1) is 7.11. The number of carbonyl (C=O) groups is 1. The molecular weight excluding hydrogens is 190 g/mol. The van der Waals surface area contributed by atoms with Crippen LogP contribution in [0.5, 0.6) is 0 Å². The molecule has 0 bridgehead atoms. The summed E-state index contributed by atoms with van der Waals surface area (Å²) in [5.74, 6) is 0.615. The summed E-state index contributed by atoms with van der Waals surface area (Å²) in [6.07, 6.45) is 2.36. The highest BCUT2D eigenvalue weighted by molar-refractivity contribution is 5.80. The molecule has 0 radical (unpaired) electrons. The maximum Gasteiger partial charge on any atom is 0.371 e. The zero-order valence-electron chi connectivity index (χ0n) is 8.90. The number of hydrogen-bond acceptors (Lipinski definition) is 3. The first kappa shape index (κ1) is 11.3. The van der Waals surface area contributed by atoms with Gasteiger partial charge in [-0.15, -0.1) is 6.57 Å². The molecule has 0 unspecified atom stereocenters. The van der Waals surface area contributed by atoms with Crippen molar-refractivity contribution < 1.29 is 4.79 Å². The van der Waals surface area contributed by atoms with Gasteiger partial charge in [-0.1, -0.05) is 13.8 Å². The van der Waals surface area contributed by atoms with Crippen LogP contribution >= 0.6 is 0 Å². The minimum Gasteiger partial charge on any atom is -0.394 e. The highest BCUT2D eigenvalue weighted by atomic mass is 16.1. The van der Waals surface area contributed by atoms with Crippen molar-refractivity contribution in [3.8, 4) is 0 Å². The fraction of sp³-hybridized carbons (Fsp3) is 0.455. The molecule has 0 fully saturated rings. The molecule has 0 aliphatic carbocycles. The number of Topliss-reactive ketones (excluding diaryl/α,β-unsaturated/α-hetero) is 1. The number of aromatic nitrogens is 2. The van der Waals surface area contributed by atoms with Crippen LogP contribution in [-0.4, -0.2) is 15.8 Å². The number of ketones is 1. The molecule has 0 aliphatic heterocycles. The Morgan fingerprint density at radius 3 is 2.93 bits per heavy atom. The molecule has 0 saturated heterocycles. The minimum absolute atomic E-state index is 0.102. The van der Waals surface area contributed by atoms with Crippen LogP contribution in [0.4, 0.5) is 5.95 Å². The minimum atomic E-state index is 0.102. The average molecular weight is 203 g/mol. The van der Waals surface area contributed by atoms with Crippen molar-refractivity contribution in [2.75, 3.05) is 0 Å². The fourth-order valence-electron chi connectivity index (χ4n) is 1.27. The van der Waals surface area contributed by atoms with Gasteiger partial charge in [-0.2, -0.15) is 9.97 Å². The molecule has 15 heavy (non-hydrogen) atoms. The summed E-state index contributed by atoms with van der Waals surface area (Å²) >= 11 is 0. The van der Waals surface area contributed by atoms with E-state index in [4.69, 9.17) is 6.57 Å². The van der Waals surface area contributed by atoms with Gasteiger partial charge < -0.3 is 4.85 Å². The van der Waals surface area contributed by atoms with E-state index >= 15 is 0 Å². The van der Waals surface area contributed by atoms with E-state index in [1.807, 2.05) is 13.8 Å². The van der Waals surface area contributed by atoms with E-state index in [2.05, 4.69) is 14.8 Å². The van der Waals surface area contributed by atoms with Gasteiger partial charge in [0.1, 0.15) is 11.5 Å². The molecular formula is C11H13N3O. The lowest BCUT2D eigenvalue weighted by Crippen LogP contribution is -2.07. The number of hydrogen-bond donors (Lipinski definition) is 0. The van der Waals surface area contributed by atoms with Crippen LogP contribution < -0.4 is 0 Å². The van der Waals surface area contributed by atoms with Gasteiger partial charge in [0.25, 0.3) is 0 Å². The topological polar surface area (TPSA) is 47.2 Å². The van der Waals surface area contributed by atoms with Gasteiger partial charge in [-0.05, 0) is 5.92 Å². The molecule has 0 atom stereocenters. The van der Waals surface area contributed by atoms with E-state index < -0.39 is 0 Å². The number of rotatable bonds is 4. The van der Waals surface area contributed by atoms with Crippen molar-refractivity contribution in [2.24, 2.45) is 5.92 Å². The first-order valence-corrected chi connectivity index (χ1v) is 4.83. The van der Waals surface area contributed by atoms with Gasteiger partial charge in [0.2, 0.25) is 0 Å². The zero-order chi connectivity index (χ0) is 11.3. The van der Waals surface area contributed by atoms with Gasteiger partial charge in [0.15, 0.2) is 0 Å². The van der Waals surface area contributed by atoms with Crippen LogP contribution in [-0.2, 0) is 11.2 Å². The highest BCUT2D eigenvalue weighted by Crippen LogP contribution is 2.07. The van der Waals surface area contributed by atoms with E-state index in [1.165, 1.54) is 6.20 Å². The predicted octanol–water partition coefficient (Wildman–Crippen LogP) is 2.19. The summed E-state index contributed by atoms with van der Waals surface area (Å²) in [5.41, 5.74) is 0.627. The molecule has 0 spiro atoms. The normalized spacial score (nSPS) is 10.0. The van der Waals surface area contributed by atoms with E-state index in [9.17, 15) is 4.79 Å². The highest BCUT2D eigenvalue weighted by Gasteiger charge is 2.09. The van der Waals surface area contributed by atoms with Gasteiger partial charge >= 0.3 is 5.95 Å². The van der Waals surface area contributed by atoms with E-state index in [0.717, 1.165) is 0 Å². The Kier molecular flexibility index (Phi) is 3.92. The summed E-state index contributed by atoms with van der Waals surface area (Å²) in [6.45, 7) is 10.8. The quantitative estimate of drug-likeness (QED) is 0.705. The molecule has 78 valence electrons. The lowest BCUT2D eigenvalue weighted by Gasteiger charge is -2.01. The summed E-state index contributed by atoms with van der Waals surface area (Å²) in [6, 6.07) is 1.67. The number of nitrogens with zero attached hydrogens (tertiary/aromatic N) is 3. The lowest BCUT2D eigenvalue weighted by atomic mass is 10.0. The van der Waals surface area contributed by atoms with Crippen molar-refractivity contribution in [3.63, 3.8) is 0 Å². The van der Waals surface area contributed by atoms with Crippen molar-refractivity contribution in [1.29, 1.82) is 0 Å². The van der Waals surface area contributed by atoms with Crippen LogP contribution in [0.25, 0.3) is 4.85 Å². The molecule has 0 aromatic carbocycles. The van der Waals surface area contributed by atoms with Gasteiger partial charge in [0.05, 0.1) is 12.6 Å². The second-order valence-electron chi connectivity index (χ2n) is 3.77. The van der Waals surface area contributed by atoms with Gasteiger partial charge in [-0.25, -0.2) is 0 Å². The van der Waals surface area contributed by atoms with Gasteiger partial charge in [-0.3, -0.25) is 4.79 Å². The van der Waals surface area contributed by atoms with Gasteiger partial charge in [0, 0.05) is 12.5 Å². The molecule has 0 N–H and O–H groups in total. The van der Waals surface area contributed by atoms with E-state index in [-0.39, 0.29) is 11.7 Å². The molecule has 1 heterocycles. The van der Waals surface area contributed by atoms with Crippen molar-refractivity contribution in [2.45, 2.75) is 26.7 Å². The first-order valence-electron chi connectivity index (χ1n) is 4.83. The summed E-state index contributed by atoms with van der Waals surface area (Å²) in [7, 11) is 0. The Morgan fingerprint density at radius 2 is 2.33 bits per heavy atom. The third-order valence-electron chi connectivity index (χ3n) is 1.81. The Bertz CT molecular complexity index is 393. The van der Waals surface area contributed by atoms with E-state index in [1.54, 1.807) is 6.07 Å². The maximum absolute atomic E-state index is 11.5. The Hall–Kier alpha value is -1.76.